The lowest BCUT2D eigenvalue weighted by molar-refractivity contribution is -0.135. The number of likely N-dealkylation sites (tertiary alicyclic amines) is 2. The number of methoxy groups -OCH3 is 2. The molecule has 0 radical (unpaired) electrons. The number of nitrogens with one attached hydrogen (secondary N) is 4. The molecule has 3 aliphatic rings. The highest BCUT2D eigenvalue weighted by atomic mass is 16.7. The molecule has 0 bridgehead atoms. The van der Waals surface area contributed by atoms with Crippen molar-refractivity contribution in [2.75, 3.05) is 34.1 Å². The monoisotopic (exact) mass is 866 g/mol. The fourth-order valence-corrected chi connectivity index (χ4v) is 8.97. The third-order valence-electron chi connectivity index (χ3n) is 12.4. The van der Waals surface area contributed by atoms with Crippen LogP contribution in [0.2, 0.25) is 0 Å². The Kier molecular flexibility index (Phi) is 11.7. The van der Waals surface area contributed by atoms with Crippen molar-refractivity contribution in [3.05, 3.63) is 108 Å². The van der Waals surface area contributed by atoms with Crippen molar-refractivity contribution in [1.82, 2.24) is 40.4 Å². The molecule has 0 unspecified atom stereocenters. The van der Waals surface area contributed by atoms with Gasteiger partial charge in [0.2, 0.25) is 12.7 Å². The first kappa shape index (κ1) is 42.0. The van der Waals surface area contributed by atoms with Crippen molar-refractivity contribution in [3.8, 4) is 45.1 Å². The lowest BCUT2D eigenvalue weighted by Gasteiger charge is -2.30. The zero-order valence-corrected chi connectivity index (χ0v) is 36.1. The number of amides is 4. The Bertz CT molecular complexity index is 2710. The van der Waals surface area contributed by atoms with Crippen LogP contribution in [0.5, 0.6) is 11.5 Å². The lowest BCUT2D eigenvalue weighted by Crippen LogP contribution is -2.51. The van der Waals surface area contributed by atoms with Crippen LogP contribution in [0, 0.1) is 5.92 Å². The standard InChI is InChI=1S/C48H50N8O8/c1-27(2)41(53-47(59)61-3)45(57)55-19-5-7-37(55)44-50-25-36(52-44)33-16-15-31-21-30(13-14-32(31)22-33)28-9-11-29(12-10-28)35-24-49-43(51-35)38-8-6-20-56(38)46(58)42(54-48(60)62-4)34-17-18-39-40(23-34)64-26-63-39/h9-18,21-25,27,37-38,41-42H,5-8,19-20,26H2,1-4H3,(H,49,51)(H,50,52)(H,53,59)(H,54,60)/t37-,38-,41-,42+/m0/s1. The highest BCUT2D eigenvalue weighted by Gasteiger charge is 2.39. The van der Waals surface area contributed by atoms with Gasteiger partial charge in [0.05, 0.1) is 50.1 Å². The van der Waals surface area contributed by atoms with E-state index in [2.05, 4.69) is 81.3 Å². The molecule has 4 amide bonds. The van der Waals surface area contributed by atoms with Crippen LogP contribution in [0.1, 0.15) is 74.9 Å². The van der Waals surface area contributed by atoms with Gasteiger partial charge in [-0.3, -0.25) is 9.59 Å². The minimum absolute atomic E-state index is 0.0923. The average Bonchev–Trinajstić information content (AvgIpc) is 4.18. The van der Waals surface area contributed by atoms with Crippen molar-refractivity contribution in [3.63, 3.8) is 0 Å². The SMILES string of the molecule is COC(=O)N[C@H](C(=O)N1CCC[C@H]1c1ncc(-c2ccc3cc(-c4ccc(-c5cnc([C@@H]6CCCN6C(=O)[C@H](NC(=O)OC)c6ccc7c(c6)OCO7)[nH]5)cc4)ccc3c2)[nH]1)C(C)C. The van der Waals surface area contributed by atoms with E-state index in [-0.39, 0.29) is 36.6 Å². The van der Waals surface area contributed by atoms with Crippen molar-refractivity contribution >= 4 is 34.8 Å². The first-order valence-corrected chi connectivity index (χ1v) is 21.5. The first-order chi connectivity index (χ1) is 31.1. The zero-order valence-electron chi connectivity index (χ0n) is 36.1. The van der Waals surface area contributed by atoms with E-state index in [4.69, 9.17) is 28.9 Å². The van der Waals surface area contributed by atoms with Gasteiger partial charge in [0.25, 0.3) is 5.91 Å². The van der Waals surface area contributed by atoms with Crippen LogP contribution < -0.4 is 20.1 Å². The van der Waals surface area contributed by atoms with E-state index < -0.39 is 24.3 Å². The maximum absolute atomic E-state index is 14.1. The highest BCUT2D eigenvalue weighted by molar-refractivity contribution is 5.91. The Labute approximate surface area is 369 Å². The highest BCUT2D eigenvalue weighted by Crippen LogP contribution is 2.39. The van der Waals surface area contributed by atoms with E-state index in [9.17, 15) is 19.2 Å². The number of imidazole rings is 2. The fourth-order valence-electron chi connectivity index (χ4n) is 8.97. The Morgan fingerprint density at radius 3 is 1.84 bits per heavy atom. The molecule has 4 atom stereocenters. The number of fused-ring (bicyclic) bond motifs is 2. The molecule has 4 N–H and O–H groups in total. The van der Waals surface area contributed by atoms with Crippen LogP contribution in [0.3, 0.4) is 0 Å². The van der Waals surface area contributed by atoms with Gasteiger partial charge in [-0.15, -0.1) is 0 Å². The number of carbonyl (C=O) groups excluding carboxylic acids is 4. The number of benzene rings is 4. The molecule has 3 aliphatic heterocycles. The van der Waals surface area contributed by atoms with E-state index in [0.29, 0.717) is 36.0 Å². The third-order valence-corrected chi connectivity index (χ3v) is 12.4. The molecule has 5 heterocycles. The topological polar surface area (TPSA) is 193 Å². The van der Waals surface area contributed by atoms with Crippen LogP contribution in [-0.4, -0.2) is 93.9 Å². The van der Waals surface area contributed by atoms with Crippen molar-refractivity contribution in [2.24, 2.45) is 5.92 Å². The van der Waals surface area contributed by atoms with Crippen LogP contribution in [0.4, 0.5) is 9.59 Å². The summed E-state index contributed by atoms with van der Waals surface area (Å²) in [4.78, 5) is 72.1. The van der Waals surface area contributed by atoms with Gasteiger partial charge in [-0.1, -0.05) is 68.4 Å². The number of aromatic amines is 2. The van der Waals surface area contributed by atoms with Gasteiger partial charge in [-0.25, -0.2) is 19.6 Å². The van der Waals surface area contributed by atoms with Gasteiger partial charge in [0.15, 0.2) is 11.5 Å². The molecule has 4 aromatic carbocycles. The lowest BCUT2D eigenvalue weighted by atomic mass is 9.98. The summed E-state index contributed by atoms with van der Waals surface area (Å²) >= 11 is 0. The smallest absolute Gasteiger partial charge is 0.407 e. The molecule has 9 rings (SSSR count). The number of aromatic nitrogens is 4. The Morgan fingerprint density at radius 2 is 1.20 bits per heavy atom. The molecule has 16 nitrogen and oxygen atoms in total. The van der Waals surface area contributed by atoms with E-state index in [1.54, 1.807) is 29.3 Å². The number of ether oxygens (including phenoxy) is 4. The second-order valence-electron chi connectivity index (χ2n) is 16.6. The molecule has 0 saturated carbocycles. The van der Waals surface area contributed by atoms with E-state index in [1.807, 2.05) is 24.9 Å². The molecule has 330 valence electrons. The summed E-state index contributed by atoms with van der Waals surface area (Å²) in [7, 11) is 2.55. The predicted molar refractivity (Wildman–Crippen MR) is 237 cm³/mol. The predicted octanol–water partition coefficient (Wildman–Crippen LogP) is 7.82. The van der Waals surface area contributed by atoms with Crippen molar-refractivity contribution < 1.29 is 38.1 Å². The average molecular weight is 867 g/mol. The molecule has 0 spiro atoms. The quantitative estimate of drug-likeness (QED) is 0.0998. The number of rotatable bonds is 11. The molecule has 64 heavy (non-hydrogen) atoms. The van der Waals surface area contributed by atoms with E-state index in [0.717, 1.165) is 75.9 Å². The van der Waals surface area contributed by atoms with Gasteiger partial charge in [-0.2, -0.15) is 0 Å². The van der Waals surface area contributed by atoms with Gasteiger partial charge in [0.1, 0.15) is 23.7 Å². The summed E-state index contributed by atoms with van der Waals surface area (Å²) in [6.45, 7) is 4.99. The largest absolute Gasteiger partial charge is 0.454 e. The minimum atomic E-state index is -0.997. The summed E-state index contributed by atoms with van der Waals surface area (Å²) < 4.78 is 20.6. The Morgan fingerprint density at radius 1 is 0.656 bits per heavy atom. The molecular weight excluding hydrogens is 817 g/mol. The molecule has 2 saturated heterocycles. The van der Waals surface area contributed by atoms with E-state index >= 15 is 0 Å². The van der Waals surface area contributed by atoms with Crippen LogP contribution in [-0.2, 0) is 19.1 Å². The molecule has 0 aliphatic carbocycles. The normalized spacial score (nSPS) is 17.7. The molecule has 16 heteroatoms. The van der Waals surface area contributed by atoms with Crippen molar-refractivity contribution in [2.45, 2.75) is 63.7 Å². The fraction of sp³-hybridized carbons (Fsp3) is 0.333. The first-order valence-electron chi connectivity index (χ1n) is 21.5. The van der Waals surface area contributed by atoms with Crippen molar-refractivity contribution in [1.29, 1.82) is 0 Å². The summed E-state index contributed by atoms with van der Waals surface area (Å²) in [5.41, 5.74) is 6.32. The number of alkyl carbamates (subject to hydrolysis) is 2. The number of carbonyl (C=O) groups is 4. The number of nitrogens with zero attached hydrogens (tertiary/aromatic N) is 4. The summed E-state index contributed by atoms with van der Waals surface area (Å²) in [6, 6.07) is 24.0. The summed E-state index contributed by atoms with van der Waals surface area (Å²) in [5.74, 6) is 1.96. The van der Waals surface area contributed by atoms with Gasteiger partial charge >= 0.3 is 12.2 Å². The van der Waals surface area contributed by atoms with Gasteiger partial charge in [-0.05, 0) is 88.9 Å². The second kappa shape index (κ2) is 17.8. The molecule has 2 aromatic heterocycles. The van der Waals surface area contributed by atoms with Gasteiger partial charge < -0.3 is 49.3 Å². The van der Waals surface area contributed by atoms with Gasteiger partial charge in [0, 0.05) is 18.7 Å². The third kappa shape index (κ3) is 8.30. The zero-order chi connectivity index (χ0) is 44.5. The second-order valence-corrected chi connectivity index (χ2v) is 16.6. The van der Waals surface area contributed by atoms with Crippen LogP contribution in [0.25, 0.3) is 44.4 Å². The molecule has 6 aromatic rings. The van der Waals surface area contributed by atoms with Crippen LogP contribution >= 0.6 is 0 Å². The maximum Gasteiger partial charge on any atom is 0.407 e. The summed E-state index contributed by atoms with van der Waals surface area (Å²) in [5, 5.41) is 7.58. The number of H-pyrrole nitrogens is 2. The Hall–Kier alpha value is -7.36. The molecule has 2 fully saturated rings. The van der Waals surface area contributed by atoms with Crippen LogP contribution in [0.15, 0.2) is 91.3 Å². The number of hydrogen-bond acceptors (Lipinski definition) is 10. The Balaban J connectivity index is 0.872. The van der Waals surface area contributed by atoms with E-state index in [1.165, 1.54) is 14.2 Å². The molecular formula is C48H50N8O8. The summed E-state index contributed by atoms with van der Waals surface area (Å²) in [6.07, 6.45) is 5.38. The minimum Gasteiger partial charge on any atom is -0.454 e. The maximum atomic E-state index is 14.1. The number of hydrogen-bond donors (Lipinski definition) is 4.